The van der Waals surface area contributed by atoms with Gasteiger partial charge < -0.3 is 11.1 Å². The minimum atomic E-state index is -0.0761. The Morgan fingerprint density at radius 3 is 2.67 bits per heavy atom. The van der Waals surface area contributed by atoms with Crippen LogP contribution in [0.15, 0.2) is 24.3 Å². The van der Waals surface area contributed by atoms with Crippen molar-refractivity contribution >= 4 is 11.6 Å². The maximum atomic E-state index is 11.7. The number of hydrogen-bond donors (Lipinski definition) is 2. The van der Waals surface area contributed by atoms with Crippen LogP contribution in [0.2, 0.25) is 0 Å². The maximum Gasteiger partial charge on any atom is 0.225 e. The van der Waals surface area contributed by atoms with E-state index in [-0.39, 0.29) is 11.9 Å². The zero-order valence-corrected chi connectivity index (χ0v) is 10.6. The Balaban J connectivity index is 2.47. The fourth-order valence-electron chi connectivity index (χ4n) is 1.72. The molecule has 4 heteroatoms. The summed E-state index contributed by atoms with van der Waals surface area (Å²) in [7, 11) is 0. The van der Waals surface area contributed by atoms with E-state index < -0.39 is 0 Å². The van der Waals surface area contributed by atoms with Crippen LogP contribution < -0.4 is 11.1 Å². The van der Waals surface area contributed by atoms with Crippen LogP contribution in [0, 0.1) is 11.3 Å². The smallest absolute Gasteiger partial charge is 0.225 e. The van der Waals surface area contributed by atoms with Gasteiger partial charge in [0.05, 0.1) is 12.5 Å². The maximum absolute atomic E-state index is 11.7. The molecule has 1 aromatic rings. The van der Waals surface area contributed by atoms with Crippen molar-refractivity contribution < 1.29 is 4.79 Å². The molecular formula is C14H19N3O. The van der Waals surface area contributed by atoms with Crippen molar-refractivity contribution in [1.29, 1.82) is 5.26 Å². The molecule has 96 valence electrons. The Morgan fingerprint density at radius 2 is 2.11 bits per heavy atom. The van der Waals surface area contributed by atoms with Crippen molar-refractivity contribution in [2.24, 2.45) is 5.73 Å². The molecule has 4 nitrogen and oxygen atoms in total. The van der Waals surface area contributed by atoms with E-state index in [9.17, 15) is 4.79 Å². The molecule has 0 spiro atoms. The number of hydrogen-bond acceptors (Lipinski definition) is 3. The van der Waals surface area contributed by atoms with Crippen molar-refractivity contribution in [3.8, 4) is 6.07 Å². The monoisotopic (exact) mass is 245 g/mol. The molecule has 0 radical (unpaired) electrons. The zero-order chi connectivity index (χ0) is 13.4. The van der Waals surface area contributed by atoms with E-state index in [1.165, 1.54) is 0 Å². The van der Waals surface area contributed by atoms with Crippen molar-refractivity contribution in [3.63, 3.8) is 0 Å². The van der Waals surface area contributed by atoms with Gasteiger partial charge in [0.2, 0.25) is 5.91 Å². The van der Waals surface area contributed by atoms with Crippen LogP contribution in [-0.4, -0.2) is 11.9 Å². The molecule has 1 amide bonds. The molecule has 0 aliphatic rings. The lowest BCUT2D eigenvalue weighted by molar-refractivity contribution is -0.116. The summed E-state index contributed by atoms with van der Waals surface area (Å²) in [5.74, 6) is -0.0658. The predicted molar refractivity (Wildman–Crippen MR) is 71.9 cm³/mol. The molecule has 0 aliphatic heterocycles. The highest BCUT2D eigenvalue weighted by Gasteiger charge is 2.08. The van der Waals surface area contributed by atoms with Crippen LogP contribution in [0.4, 0.5) is 5.69 Å². The van der Waals surface area contributed by atoms with Crippen LogP contribution in [0.5, 0.6) is 0 Å². The van der Waals surface area contributed by atoms with Crippen molar-refractivity contribution in [2.45, 2.75) is 38.6 Å². The first-order valence-corrected chi connectivity index (χ1v) is 6.17. The minimum Gasteiger partial charge on any atom is -0.327 e. The second-order valence-electron chi connectivity index (χ2n) is 4.33. The zero-order valence-electron chi connectivity index (χ0n) is 10.6. The molecule has 3 N–H and O–H groups in total. The van der Waals surface area contributed by atoms with Crippen LogP contribution in [0.3, 0.4) is 0 Å². The van der Waals surface area contributed by atoms with Crippen molar-refractivity contribution in [2.75, 3.05) is 5.32 Å². The van der Waals surface area contributed by atoms with E-state index in [0.29, 0.717) is 12.8 Å². The molecule has 1 aromatic carbocycles. The highest BCUT2D eigenvalue weighted by atomic mass is 16.1. The third-order valence-corrected chi connectivity index (χ3v) is 2.63. The molecule has 0 aromatic heterocycles. The van der Waals surface area contributed by atoms with Gasteiger partial charge in [-0.2, -0.15) is 5.26 Å². The van der Waals surface area contributed by atoms with Gasteiger partial charge in [-0.25, -0.2) is 0 Å². The molecule has 1 atom stereocenters. The molecular weight excluding hydrogens is 226 g/mol. The summed E-state index contributed by atoms with van der Waals surface area (Å²) < 4.78 is 0. The predicted octanol–water partition coefficient (Wildman–Crippen LogP) is 2.21. The minimum absolute atomic E-state index is 0.0658. The van der Waals surface area contributed by atoms with E-state index in [1.54, 1.807) is 12.1 Å². The summed E-state index contributed by atoms with van der Waals surface area (Å²) in [4.78, 5) is 11.7. The summed E-state index contributed by atoms with van der Waals surface area (Å²) in [5, 5.41) is 11.3. The first-order chi connectivity index (χ1) is 8.65. The van der Waals surface area contributed by atoms with Crippen molar-refractivity contribution in [1.82, 2.24) is 0 Å². The summed E-state index contributed by atoms with van der Waals surface area (Å²) >= 11 is 0. The number of benzene rings is 1. The number of nitrogens with two attached hydrogens (primary N) is 1. The number of amides is 1. The van der Waals surface area contributed by atoms with Crippen LogP contribution in [-0.2, 0) is 11.2 Å². The Labute approximate surface area is 108 Å². The van der Waals surface area contributed by atoms with Gasteiger partial charge in [-0.15, -0.1) is 0 Å². The van der Waals surface area contributed by atoms with Gasteiger partial charge in [-0.3, -0.25) is 4.79 Å². The molecule has 0 aliphatic carbocycles. The second-order valence-corrected chi connectivity index (χ2v) is 4.33. The first-order valence-electron chi connectivity index (χ1n) is 6.17. The Bertz CT molecular complexity index is 420. The lowest BCUT2D eigenvalue weighted by Gasteiger charge is -2.10. The van der Waals surface area contributed by atoms with Gasteiger partial charge >= 0.3 is 0 Å². The van der Waals surface area contributed by atoms with E-state index in [4.69, 9.17) is 11.0 Å². The third kappa shape index (κ3) is 4.98. The Morgan fingerprint density at radius 1 is 1.44 bits per heavy atom. The molecule has 0 fully saturated rings. The number of nitriles is 1. The summed E-state index contributed by atoms with van der Waals surface area (Å²) in [6.45, 7) is 2.05. The average Bonchev–Trinajstić information content (AvgIpc) is 2.32. The largest absolute Gasteiger partial charge is 0.327 e. The topological polar surface area (TPSA) is 78.9 Å². The standard InChI is InChI=1S/C14H19N3O/c1-2-3-12(16)10-14(18)17-13-6-4-11(5-7-13)8-9-15/h4-7,12H,2-3,8,10,16H2,1H3,(H,17,18). The number of carbonyl (C=O) groups is 1. The van der Waals surface area contributed by atoms with Gasteiger partial charge in [0.15, 0.2) is 0 Å². The van der Waals surface area contributed by atoms with Crippen LogP contribution >= 0.6 is 0 Å². The SMILES string of the molecule is CCCC(N)CC(=O)Nc1ccc(CC#N)cc1. The molecule has 0 saturated heterocycles. The molecule has 0 saturated carbocycles. The van der Waals surface area contributed by atoms with Crippen molar-refractivity contribution in [3.05, 3.63) is 29.8 Å². The van der Waals surface area contributed by atoms with E-state index >= 15 is 0 Å². The Hall–Kier alpha value is -1.86. The van der Waals surface area contributed by atoms with Gasteiger partial charge in [0, 0.05) is 18.2 Å². The molecule has 1 rings (SSSR count). The highest BCUT2D eigenvalue weighted by Crippen LogP contribution is 2.11. The fourth-order valence-corrected chi connectivity index (χ4v) is 1.72. The van der Waals surface area contributed by atoms with E-state index in [2.05, 4.69) is 11.4 Å². The molecule has 1 unspecified atom stereocenters. The lowest BCUT2D eigenvalue weighted by atomic mass is 10.1. The first kappa shape index (κ1) is 14.2. The summed E-state index contributed by atoms with van der Waals surface area (Å²) in [6.07, 6.45) is 2.56. The van der Waals surface area contributed by atoms with E-state index in [0.717, 1.165) is 24.1 Å². The highest BCUT2D eigenvalue weighted by molar-refractivity contribution is 5.91. The summed E-state index contributed by atoms with van der Waals surface area (Å²) in [6, 6.07) is 9.28. The molecule has 0 heterocycles. The second kappa shape index (κ2) is 7.46. The van der Waals surface area contributed by atoms with Crippen LogP contribution in [0.25, 0.3) is 0 Å². The number of rotatable bonds is 6. The summed E-state index contributed by atoms with van der Waals surface area (Å²) in [5.41, 5.74) is 7.49. The lowest BCUT2D eigenvalue weighted by Crippen LogP contribution is -2.26. The fraction of sp³-hybridized carbons (Fsp3) is 0.429. The quantitative estimate of drug-likeness (QED) is 0.806. The van der Waals surface area contributed by atoms with E-state index in [1.807, 2.05) is 19.1 Å². The van der Waals surface area contributed by atoms with Gasteiger partial charge in [0.1, 0.15) is 0 Å². The van der Waals surface area contributed by atoms with Gasteiger partial charge in [-0.05, 0) is 24.1 Å². The average molecular weight is 245 g/mol. The normalized spacial score (nSPS) is 11.6. The number of nitrogens with one attached hydrogen (secondary N) is 1. The Kier molecular flexibility index (Phi) is 5.89. The molecule has 18 heavy (non-hydrogen) atoms. The number of carbonyl (C=O) groups excluding carboxylic acids is 1. The molecule has 0 bridgehead atoms. The van der Waals surface area contributed by atoms with Gasteiger partial charge in [-0.1, -0.05) is 25.5 Å². The van der Waals surface area contributed by atoms with Crippen LogP contribution in [0.1, 0.15) is 31.7 Å². The number of nitrogens with zero attached hydrogens (tertiary/aromatic N) is 1. The van der Waals surface area contributed by atoms with Gasteiger partial charge in [0.25, 0.3) is 0 Å². The third-order valence-electron chi connectivity index (χ3n) is 2.63. The number of anilines is 1.